The summed E-state index contributed by atoms with van der Waals surface area (Å²) < 4.78 is 0.872. The monoisotopic (exact) mass is 404 g/mol. The zero-order valence-electron chi connectivity index (χ0n) is 12.4. The van der Waals surface area contributed by atoms with Gasteiger partial charge in [-0.15, -0.1) is 0 Å². The average molecular weight is 404 g/mol. The smallest absolute Gasteiger partial charge is 0.293 e. The number of likely N-dealkylation sites (N-methyl/N-ethyl adjacent to an activating group) is 1. The highest BCUT2D eigenvalue weighted by molar-refractivity contribution is 14.1. The third-order valence-electron chi connectivity index (χ3n) is 3.91. The molecule has 1 atom stereocenters. The van der Waals surface area contributed by atoms with E-state index in [0.29, 0.717) is 18.3 Å². The molecular formula is C14H21IN4O2. The van der Waals surface area contributed by atoms with Gasteiger partial charge in [-0.1, -0.05) is 0 Å². The summed E-state index contributed by atoms with van der Waals surface area (Å²) in [7, 11) is 2.13. The highest BCUT2D eigenvalue weighted by atomic mass is 127. The summed E-state index contributed by atoms with van der Waals surface area (Å²) >= 11 is 2.09. The summed E-state index contributed by atoms with van der Waals surface area (Å²) in [5, 5.41) is 14.3. The van der Waals surface area contributed by atoms with Crippen LogP contribution < -0.4 is 5.32 Å². The zero-order valence-corrected chi connectivity index (χ0v) is 14.5. The maximum Gasteiger partial charge on any atom is 0.293 e. The number of nitrogens with one attached hydrogen (secondary N) is 1. The van der Waals surface area contributed by atoms with Gasteiger partial charge in [0.05, 0.1) is 4.92 Å². The van der Waals surface area contributed by atoms with E-state index in [1.165, 1.54) is 0 Å². The normalized spacial score (nSPS) is 18.4. The van der Waals surface area contributed by atoms with E-state index >= 15 is 0 Å². The van der Waals surface area contributed by atoms with E-state index in [2.05, 4.69) is 51.7 Å². The number of anilines is 1. The van der Waals surface area contributed by atoms with E-state index in [4.69, 9.17) is 0 Å². The van der Waals surface area contributed by atoms with Gasteiger partial charge in [0.15, 0.2) is 0 Å². The average Bonchev–Trinajstić information content (AvgIpc) is 2.46. The lowest BCUT2D eigenvalue weighted by Crippen LogP contribution is -2.49. The summed E-state index contributed by atoms with van der Waals surface area (Å²) in [5.41, 5.74) is 0.744. The second-order valence-corrected chi connectivity index (χ2v) is 6.73. The summed E-state index contributed by atoms with van der Waals surface area (Å²) in [5.74, 6) is 0. The van der Waals surface area contributed by atoms with Crippen LogP contribution in [0.5, 0.6) is 0 Å². The van der Waals surface area contributed by atoms with Gasteiger partial charge in [-0.3, -0.25) is 15.0 Å². The molecule has 116 valence electrons. The Hall–Kier alpha value is -0.930. The van der Waals surface area contributed by atoms with Crippen LogP contribution in [-0.2, 0) is 0 Å². The summed E-state index contributed by atoms with van der Waals surface area (Å²) in [6, 6.07) is 5.63. The molecule has 1 heterocycles. The molecule has 1 N–H and O–H groups in total. The van der Waals surface area contributed by atoms with Gasteiger partial charge in [-0.05, 0) is 48.7 Å². The molecule has 1 aromatic carbocycles. The fourth-order valence-electron chi connectivity index (χ4n) is 2.45. The SMILES string of the molecule is CC(CNc1ccc(I)cc1[N+](=O)[O-])N1CCN(C)CC1. The quantitative estimate of drug-likeness (QED) is 0.464. The molecule has 1 unspecified atom stereocenters. The number of nitro groups is 1. The summed E-state index contributed by atoms with van der Waals surface area (Å²) in [6.45, 7) is 7.13. The number of benzene rings is 1. The fourth-order valence-corrected chi connectivity index (χ4v) is 2.93. The Morgan fingerprint density at radius 2 is 2.05 bits per heavy atom. The first kappa shape index (κ1) is 16.4. The van der Waals surface area contributed by atoms with Gasteiger partial charge < -0.3 is 10.2 Å². The second kappa shape index (κ2) is 7.37. The summed E-state index contributed by atoms with van der Waals surface area (Å²) in [4.78, 5) is 15.5. The van der Waals surface area contributed by atoms with E-state index in [0.717, 1.165) is 29.7 Å². The predicted octanol–water partition coefficient (Wildman–Crippen LogP) is 2.25. The fraction of sp³-hybridized carbons (Fsp3) is 0.571. The molecule has 7 heteroatoms. The minimum Gasteiger partial charge on any atom is -0.378 e. The van der Waals surface area contributed by atoms with Crippen molar-refractivity contribution in [2.75, 3.05) is 45.1 Å². The third kappa shape index (κ3) is 4.52. The molecule has 0 amide bonds. The Bertz CT molecular complexity index is 504. The molecule has 21 heavy (non-hydrogen) atoms. The molecule has 1 aliphatic rings. The van der Waals surface area contributed by atoms with Crippen molar-refractivity contribution >= 4 is 34.0 Å². The number of hydrogen-bond donors (Lipinski definition) is 1. The van der Waals surface area contributed by atoms with Crippen molar-refractivity contribution in [2.24, 2.45) is 0 Å². The van der Waals surface area contributed by atoms with Gasteiger partial charge >= 0.3 is 0 Å². The van der Waals surface area contributed by atoms with Crippen LogP contribution in [0.15, 0.2) is 18.2 Å². The molecule has 1 aromatic rings. The van der Waals surface area contributed by atoms with Gasteiger partial charge in [0.25, 0.3) is 5.69 Å². The summed E-state index contributed by atoms with van der Waals surface area (Å²) in [6.07, 6.45) is 0. The van der Waals surface area contributed by atoms with E-state index in [-0.39, 0.29) is 10.6 Å². The zero-order chi connectivity index (χ0) is 15.4. The van der Waals surface area contributed by atoms with E-state index in [9.17, 15) is 10.1 Å². The molecule has 1 aliphatic heterocycles. The molecule has 6 nitrogen and oxygen atoms in total. The largest absolute Gasteiger partial charge is 0.378 e. The van der Waals surface area contributed by atoms with Crippen LogP contribution in [0.2, 0.25) is 0 Å². The molecule has 0 aliphatic carbocycles. The Balaban J connectivity index is 1.95. The van der Waals surface area contributed by atoms with Crippen molar-refractivity contribution in [1.29, 1.82) is 0 Å². The molecule has 1 saturated heterocycles. The van der Waals surface area contributed by atoms with Gasteiger partial charge in [-0.2, -0.15) is 0 Å². The lowest BCUT2D eigenvalue weighted by Gasteiger charge is -2.36. The van der Waals surface area contributed by atoms with Crippen molar-refractivity contribution in [2.45, 2.75) is 13.0 Å². The first-order chi connectivity index (χ1) is 9.97. The Morgan fingerprint density at radius 1 is 1.38 bits per heavy atom. The predicted molar refractivity (Wildman–Crippen MR) is 92.8 cm³/mol. The van der Waals surface area contributed by atoms with Gasteiger partial charge in [0.1, 0.15) is 5.69 Å². The van der Waals surface area contributed by atoms with Crippen molar-refractivity contribution in [3.63, 3.8) is 0 Å². The first-order valence-corrected chi connectivity index (χ1v) is 8.15. The molecule has 2 rings (SSSR count). The maximum atomic E-state index is 11.1. The van der Waals surface area contributed by atoms with E-state index in [1.54, 1.807) is 12.1 Å². The van der Waals surface area contributed by atoms with Crippen molar-refractivity contribution in [3.05, 3.63) is 31.9 Å². The topological polar surface area (TPSA) is 61.7 Å². The van der Waals surface area contributed by atoms with Crippen molar-refractivity contribution in [1.82, 2.24) is 9.80 Å². The van der Waals surface area contributed by atoms with Crippen molar-refractivity contribution in [3.8, 4) is 0 Å². The molecule has 0 radical (unpaired) electrons. The molecule has 1 fully saturated rings. The van der Waals surface area contributed by atoms with Crippen LogP contribution in [0.4, 0.5) is 11.4 Å². The number of nitrogens with zero attached hydrogens (tertiary/aromatic N) is 3. The lowest BCUT2D eigenvalue weighted by molar-refractivity contribution is -0.384. The number of nitro benzene ring substituents is 1. The van der Waals surface area contributed by atoms with Crippen LogP contribution in [0.1, 0.15) is 6.92 Å². The number of halogens is 1. The minimum atomic E-state index is -0.328. The Morgan fingerprint density at radius 3 is 2.67 bits per heavy atom. The van der Waals surface area contributed by atoms with Crippen LogP contribution >= 0.6 is 22.6 Å². The Kier molecular flexibility index (Phi) is 5.77. The second-order valence-electron chi connectivity index (χ2n) is 5.49. The maximum absolute atomic E-state index is 11.1. The number of rotatable bonds is 5. The highest BCUT2D eigenvalue weighted by Crippen LogP contribution is 2.26. The van der Waals surface area contributed by atoms with Crippen LogP contribution in [0, 0.1) is 13.7 Å². The number of hydrogen-bond acceptors (Lipinski definition) is 5. The van der Waals surface area contributed by atoms with Crippen LogP contribution in [-0.4, -0.2) is 60.5 Å². The molecule has 0 spiro atoms. The standard InChI is InChI=1S/C14H21IN4O2/c1-11(18-7-5-17(2)6-8-18)10-16-13-4-3-12(15)9-14(13)19(20)21/h3-4,9,11,16H,5-8,10H2,1-2H3. The minimum absolute atomic E-state index is 0.146. The van der Waals surface area contributed by atoms with Crippen LogP contribution in [0.25, 0.3) is 0 Å². The van der Waals surface area contributed by atoms with E-state index in [1.807, 2.05) is 6.07 Å². The van der Waals surface area contributed by atoms with Gasteiger partial charge in [0, 0.05) is 48.4 Å². The van der Waals surface area contributed by atoms with E-state index < -0.39 is 0 Å². The number of piperazine rings is 1. The molecule has 0 saturated carbocycles. The van der Waals surface area contributed by atoms with Gasteiger partial charge in [-0.25, -0.2) is 0 Å². The van der Waals surface area contributed by atoms with Gasteiger partial charge in [0.2, 0.25) is 0 Å². The lowest BCUT2D eigenvalue weighted by atomic mass is 10.2. The van der Waals surface area contributed by atoms with Crippen molar-refractivity contribution < 1.29 is 4.92 Å². The van der Waals surface area contributed by atoms with Crippen LogP contribution in [0.3, 0.4) is 0 Å². The molecule has 0 bridgehead atoms. The molecular weight excluding hydrogens is 383 g/mol. The third-order valence-corrected chi connectivity index (χ3v) is 4.58. The molecule has 0 aromatic heterocycles. The first-order valence-electron chi connectivity index (χ1n) is 7.08. The Labute approximate surface area is 138 Å². The highest BCUT2D eigenvalue weighted by Gasteiger charge is 2.20.